The van der Waals surface area contributed by atoms with Crippen LogP contribution in [0.3, 0.4) is 0 Å². The third kappa shape index (κ3) is 5.60. The second-order valence-electron chi connectivity index (χ2n) is 8.72. The smallest absolute Gasteiger partial charge is 0.254 e. The normalized spacial score (nSPS) is 12.5. The van der Waals surface area contributed by atoms with E-state index in [1.807, 2.05) is 35.5 Å². The van der Waals surface area contributed by atoms with E-state index in [0.717, 1.165) is 42.3 Å². The van der Waals surface area contributed by atoms with Crippen molar-refractivity contribution < 1.29 is 23.7 Å². The number of pyridine rings is 1. The molecule has 194 valence electrons. The van der Waals surface area contributed by atoms with Crippen LogP contribution in [0.4, 0.5) is 0 Å². The minimum atomic E-state index is 0. The average Bonchev–Trinajstić information content (AvgIpc) is 3.19. The summed E-state index contributed by atoms with van der Waals surface area (Å²) in [6.45, 7) is 3.08. The lowest BCUT2D eigenvalue weighted by Gasteiger charge is -2.20. The lowest BCUT2D eigenvalue weighted by molar-refractivity contribution is 0.0772. The maximum Gasteiger partial charge on any atom is 0.254 e. The van der Waals surface area contributed by atoms with Gasteiger partial charge in [-0.15, -0.1) is 12.4 Å². The first-order valence-electron chi connectivity index (χ1n) is 11.7. The van der Waals surface area contributed by atoms with E-state index in [0.29, 0.717) is 41.7 Å². The highest BCUT2D eigenvalue weighted by molar-refractivity contribution is 5.99. The third-order valence-corrected chi connectivity index (χ3v) is 6.56. The fourth-order valence-electron chi connectivity index (χ4n) is 4.59. The Morgan fingerprint density at radius 1 is 0.889 bits per heavy atom. The highest BCUT2D eigenvalue weighted by Crippen LogP contribution is 2.35. The van der Waals surface area contributed by atoms with Gasteiger partial charge in [-0.05, 0) is 67.2 Å². The Labute approximate surface area is 218 Å². The van der Waals surface area contributed by atoms with Crippen LogP contribution in [0.15, 0.2) is 36.7 Å². The van der Waals surface area contributed by atoms with E-state index in [9.17, 15) is 4.79 Å². The molecule has 0 fully saturated rings. The Morgan fingerprint density at radius 3 is 2.22 bits per heavy atom. The number of nitrogens with zero attached hydrogens (tertiary/aromatic N) is 3. The van der Waals surface area contributed by atoms with Gasteiger partial charge in [-0.2, -0.15) is 0 Å². The maximum atomic E-state index is 12.9. The van der Waals surface area contributed by atoms with Crippen LogP contribution in [0.2, 0.25) is 0 Å². The number of ether oxygens (including phenoxy) is 4. The van der Waals surface area contributed by atoms with E-state index in [2.05, 4.69) is 16.9 Å². The number of fused-ring (bicyclic) bond motifs is 2. The van der Waals surface area contributed by atoms with Crippen LogP contribution in [-0.2, 0) is 13.0 Å². The first-order valence-corrected chi connectivity index (χ1v) is 11.7. The molecule has 36 heavy (non-hydrogen) atoms. The number of carbonyl (C=O) groups is 1. The number of methoxy groups -OCH3 is 4. The fourth-order valence-corrected chi connectivity index (χ4v) is 4.59. The van der Waals surface area contributed by atoms with Gasteiger partial charge in [-0.3, -0.25) is 9.78 Å². The van der Waals surface area contributed by atoms with Crippen molar-refractivity contribution in [3.05, 3.63) is 53.3 Å². The number of aromatic nitrogens is 1. The fraction of sp³-hybridized carbons (Fsp3) is 0.407. The first kappa shape index (κ1) is 27.4. The van der Waals surface area contributed by atoms with Crippen molar-refractivity contribution in [2.75, 3.05) is 55.1 Å². The van der Waals surface area contributed by atoms with Crippen molar-refractivity contribution in [2.45, 2.75) is 19.4 Å². The Hall–Kier alpha value is -3.23. The van der Waals surface area contributed by atoms with Crippen LogP contribution in [0.25, 0.3) is 10.8 Å². The molecule has 2 heterocycles. The molecular formula is C27H34ClN3O5. The van der Waals surface area contributed by atoms with Crippen molar-refractivity contribution >= 4 is 29.1 Å². The summed E-state index contributed by atoms with van der Waals surface area (Å²) >= 11 is 0. The monoisotopic (exact) mass is 515 g/mol. The summed E-state index contributed by atoms with van der Waals surface area (Å²) in [5, 5.41) is 2.15. The summed E-state index contributed by atoms with van der Waals surface area (Å²) in [6, 6.07) is 7.67. The van der Waals surface area contributed by atoms with E-state index in [4.69, 9.17) is 18.9 Å². The van der Waals surface area contributed by atoms with Crippen LogP contribution in [0.1, 0.15) is 27.9 Å². The molecule has 0 saturated heterocycles. The van der Waals surface area contributed by atoms with Crippen LogP contribution < -0.4 is 18.9 Å². The van der Waals surface area contributed by atoms with Crippen molar-refractivity contribution in [2.24, 2.45) is 0 Å². The summed E-state index contributed by atoms with van der Waals surface area (Å²) in [6.07, 6.45) is 5.53. The molecule has 4 rings (SSSR count). The molecule has 9 heteroatoms. The zero-order valence-corrected chi connectivity index (χ0v) is 22.3. The van der Waals surface area contributed by atoms with Crippen LogP contribution in [-0.4, -0.2) is 75.8 Å². The van der Waals surface area contributed by atoms with Gasteiger partial charge >= 0.3 is 0 Å². The standard InChI is InChI=1S/C27H33N3O5.ClH/c1-29(10-7-18-15-28-16-19-11-23(32-2)25(34-4)13-21(18)19)8-6-9-30-17-20-12-24(33-3)26(35-5)14-22(20)27(30)31;/h11-16H,6-10,17H2,1-5H3;1H. The SMILES string of the molecule is COc1cc2c(cc1OC)C(=O)N(CCCN(C)CCc1cncc3cc(OC)c(OC)cc13)C2.Cl. The molecule has 1 aliphatic heterocycles. The lowest BCUT2D eigenvalue weighted by Crippen LogP contribution is -2.29. The lowest BCUT2D eigenvalue weighted by atomic mass is 10.0. The largest absolute Gasteiger partial charge is 0.493 e. The Balaban J connectivity index is 0.00000361. The van der Waals surface area contributed by atoms with Gasteiger partial charge in [0.15, 0.2) is 23.0 Å². The minimum absolute atomic E-state index is 0. The first-order chi connectivity index (χ1) is 17.0. The molecule has 0 aliphatic carbocycles. The summed E-state index contributed by atoms with van der Waals surface area (Å²) in [4.78, 5) is 21.5. The molecule has 0 bridgehead atoms. The van der Waals surface area contributed by atoms with Gasteiger partial charge in [0.25, 0.3) is 5.91 Å². The molecule has 3 aromatic rings. The molecular weight excluding hydrogens is 482 g/mol. The number of hydrogen-bond donors (Lipinski definition) is 0. The Kier molecular flexibility index (Phi) is 9.23. The molecule has 1 aliphatic rings. The Bertz CT molecular complexity index is 1220. The number of benzene rings is 2. The van der Waals surface area contributed by atoms with Gasteiger partial charge in [0.2, 0.25) is 0 Å². The number of halogens is 1. The zero-order valence-electron chi connectivity index (χ0n) is 21.5. The highest BCUT2D eigenvalue weighted by atomic mass is 35.5. The molecule has 0 N–H and O–H groups in total. The number of likely N-dealkylation sites (N-methyl/N-ethyl adjacent to an activating group) is 1. The summed E-state index contributed by atoms with van der Waals surface area (Å²) < 4.78 is 21.6. The average molecular weight is 516 g/mol. The summed E-state index contributed by atoms with van der Waals surface area (Å²) in [5.41, 5.74) is 2.85. The van der Waals surface area contributed by atoms with Gasteiger partial charge in [0, 0.05) is 43.0 Å². The predicted octanol–water partition coefficient (Wildman–Crippen LogP) is 4.21. The molecule has 0 unspecified atom stereocenters. The Morgan fingerprint density at radius 2 is 1.53 bits per heavy atom. The highest BCUT2D eigenvalue weighted by Gasteiger charge is 2.29. The van der Waals surface area contributed by atoms with Crippen molar-refractivity contribution in [1.29, 1.82) is 0 Å². The van der Waals surface area contributed by atoms with Crippen LogP contribution in [0.5, 0.6) is 23.0 Å². The van der Waals surface area contributed by atoms with Gasteiger partial charge in [0.05, 0.1) is 28.4 Å². The summed E-state index contributed by atoms with van der Waals surface area (Å²) in [7, 11) is 8.58. The number of amides is 1. The van der Waals surface area contributed by atoms with E-state index >= 15 is 0 Å². The molecule has 8 nitrogen and oxygen atoms in total. The zero-order chi connectivity index (χ0) is 24.9. The van der Waals surface area contributed by atoms with Gasteiger partial charge < -0.3 is 28.7 Å². The number of rotatable bonds is 11. The van der Waals surface area contributed by atoms with Crippen LogP contribution in [0, 0.1) is 0 Å². The van der Waals surface area contributed by atoms with Crippen molar-refractivity contribution in [3.63, 3.8) is 0 Å². The molecule has 1 aromatic heterocycles. The topological polar surface area (TPSA) is 73.4 Å². The molecule has 1 amide bonds. The molecule has 0 radical (unpaired) electrons. The van der Waals surface area contributed by atoms with Gasteiger partial charge in [0.1, 0.15) is 0 Å². The number of carbonyl (C=O) groups excluding carboxylic acids is 1. The number of hydrogen-bond acceptors (Lipinski definition) is 7. The third-order valence-electron chi connectivity index (χ3n) is 6.56. The quantitative estimate of drug-likeness (QED) is 0.378. The maximum absolute atomic E-state index is 12.9. The van der Waals surface area contributed by atoms with E-state index in [-0.39, 0.29) is 18.3 Å². The summed E-state index contributed by atoms with van der Waals surface area (Å²) in [5.74, 6) is 2.70. The second-order valence-corrected chi connectivity index (χ2v) is 8.72. The van der Waals surface area contributed by atoms with E-state index in [1.54, 1.807) is 34.5 Å². The molecule has 0 saturated carbocycles. The van der Waals surface area contributed by atoms with Crippen molar-refractivity contribution in [3.8, 4) is 23.0 Å². The van der Waals surface area contributed by atoms with Gasteiger partial charge in [-0.1, -0.05) is 0 Å². The van der Waals surface area contributed by atoms with Crippen LogP contribution >= 0.6 is 12.4 Å². The van der Waals surface area contributed by atoms with Gasteiger partial charge in [-0.25, -0.2) is 0 Å². The molecule has 0 spiro atoms. The molecule has 0 atom stereocenters. The molecule has 2 aromatic carbocycles. The second kappa shape index (κ2) is 12.1. The van der Waals surface area contributed by atoms with E-state index < -0.39 is 0 Å². The predicted molar refractivity (Wildman–Crippen MR) is 142 cm³/mol. The minimum Gasteiger partial charge on any atom is -0.493 e. The van der Waals surface area contributed by atoms with Crippen molar-refractivity contribution in [1.82, 2.24) is 14.8 Å². The van der Waals surface area contributed by atoms with E-state index in [1.165, 1.54) is 5.56 Å².